The monoisotopic (exact) mass is 348 g/mol. The lowest BCUT2D eigenvalue weighted by molar-refractivity contribution is -0.146. The van der Waals surface area contributed by atoms with Crippen LogP contribution >= 0.6 is 11.8 Å². The van der Waals surface area contributed by atoms with Gasteiger partial charge in [-0.1, -0.05) is 11.8 Å². The molecular weight excluding hydrogens is 337 g/mol. The van der Waals surface area contributed by atoms with Crippen molar-refractivity contribution in [1.82, 2.24) is 14.9 Å². The van der Waals surface area contributed by atoms with Crippen LogP contribution in [-0.2, 0) is 6.18 Å². The Kier molecular flexibility index (Phi) is 4.98. The standard InChI is InChI=1S/C12H11F3N4O3S/c13-12(14,15)10-17-18-11(19(10)16)23-6-5-22-8-3-1-7(2-4-8)9(20)21/h1-4H,5-6,16H2,(H,20,21). The fourth-order valence-corrected chi connectivity index (χ4v) is 2.23. The zero-order chi connectivity index (χ0) is 17.0. The molecule has 11 heteroatoms. The highest BCUT2D eigenvalue weighted by Gasteiger charge is 2.38. The van der Waals surface area contributed by atoms with Crippen LogP contribution < -0.4 is 10.6 Å². The molecule has 2 aromatic rings. The SMILES string of the molecule is Nn1c(SCCOc2ccc(C(=O)O)cc2)nnc1C(F)(F)F. The summed E-state index contributed by atoms with van der Waals surface area (Å²) < 4.78 is 43.2. The summed E-state index contributed by atoms with van der Waals surface area (Å²) in [5, 5.41) is 15.0. The quantitative estimate of drug-likeness (QED) is 0.467. The molecule has 0 saturated heterocycles. The first-order valence-electron chi connectivity index (χ1n) is 6.15. The van der Waals surface area contributed by atoms with Crippen molar-refractivity contribution in [3.63, 3.8) is 0 Å². The number of carboxylic acids is 1. The number of nitrogens with zero attached hydrogens (tertiary/aromatic N) is 3. The Balaban J connectivity index is 1.84. The molecule has 0 radical (unpaired) electrons. The van der Waals surface area contributed by atoms with Crippen molar-refractivity contribution in [2.24, 2.45) is 0 Å². The van der Waals surface area contributed by atoms with Gasteiger partial charge in [0.15, 0.2) is 0 Å². The van der Waals surface area contributed by atoms with Gasteiger partial charge in [-0.2, -0.15) is 13.2 Å². The minimum Gasteiger partial charge on any atom is -0.493 e. The molecule has 23 heavy (non-hydrogen) atoms. The smallest absolute Gasteiger partial charge is 0.453 e. The predicted octanol–water partition coefficient (Wildman–Crippen LogP) is 1.88. The summed E-state index contributed by atoms with van der Waals surface area (Å²) in [6.45, 7) is 0.172. The van der Waals surface area contributed by atoms with Gasteiger partial charge >= 0.3 is 12.1 Å². The molecule has 0 spiro atoms. The summed E-state index contributed by atoms with van der Waals surface area (Å²) in [4.78, 5) is 10.7. The summed E-state index contributed by atoms with van der Waals surface area (Å²) in [5.41, 5.74) is 0.127. The highest BCUT2D eigenvalue weighted by atomic mass is 32.2. The number of ether oxygens (including phenoxy) is 1. The molecule has 0 aliphatic heterocycles. The van der Waals surface area contributed by atoms with Crippen LogP contribution in [0.15, 0.2) is 29.4 Å². The molecule has 1 heterocycles. The van der Waals surface area contributed by atoms with Crippen molar-refractivity contribution in [3.8, 4) is 5.75 Å². The molecule has 0 fully saturated rings. The minimum absolute atomic E-state index is 0.0813. The van der Waals surface area contributed by atoms with E-state index in [0.717, 1.165) is 11.8 Å². The first kappa shape index (κ1) is 16.9. The van der Waals surface area contributed by atoms with E-state index in [1.165, 1.54) is 24.3 Å². The second-order valence-corrected chi connectivity index (χ2v) is 5.26. The van der Waals surface area contributed by atoms with Crippen LogP contribution in [0.1, 0.15) is 16.2 Å². The molecule has 0 amide bonds. The van der Waals surface area contributed by atoms with Gasteiger partial charge < -0.3 is 15.7 Å². The van der Waals surface area contributed by atoms with E-state index in [9.17, 15) is 18.0 Å². The Morgan fingerprint density at radius 3 is 2.48 bits per heavy atom. The molecule has 0 atom stereocenters. The van der Waals surface area contributed by atoms with Gasteiger partial charge in [-0.25, -0.2) is 9.47 Å². The van der Waals surface area contributed by atoms with E-state index in [4.69, 9.17) is 15.7 Å². The average molecular weight is 348 g/mol. The normalized spacial score (nSPS) is 11.4. The van der Waals surface area contributed by atoms with Crippen LogP contribution in [0.4, 0.5) is 13.2 Å². The molecule has 0 aliphatic carbocycles. The molecule has 0 aliphatic rings. The maximum absolute atomic E-state index is 12.5. The van der Waals surface area contributed by atoms with E-state index < -0.39 is 18.0 Å². The largest absolute Gasteiger partial charge is 0.493 e. The molecule has 2 rings (SSSR count). The van der Waals surface area contributed by atoms with E-state index in [1.54, 1.807) is 0 Å². The highest BCUT2D eigenvalue weighted by Crippen LogP contribution is 2.28. The molecular formula is C12H11F3N4O3S. The first-order valence-corrected chi connectivity index (χ1v) is 7.14. The molecule has 7 nitrogen and oxygen atoms in total. The Morgan fingerprint density at radius 1 is 1.30 bits per heavy atom. The number of aromatic nitrogens is 3. The number of aromatic carboxylic acids is 1. The van der Waals surface area contributed by atoms with Gasteiger partial charge in [-0.3, -0.25) is 0 Å². The number of hydrogen-bond acceptors (Lipinski definition) is 6. The van der Waals surface area contributed by atoms with Crippen LogP contribution in [-0.4, -0.2) is 38.3 Å². The minimum atomic E-state index is -4.66. The number of thioether (sulfide) groups is 1. The van der Waals surface area contributed by atoms with Crippen LogP contribution in [0.5, 0.6) is 5.75 Å². The number of nitrogen functional groups attached to an aromatic ring is 1. The fourth-order valence-electron chi connectivity index (χ4n) is 1.55. The Labute approximate surface area is 132 Å². The van der Waals surface area contributed by atoms with Crippen LogP contribution in [0.25, 0.3) is 0 Å². The van der Waals surface area contributed by atoms with Crippen molar-refractivity contribution >= 4 is 17.7 Å². The van der Waals surface area contributed by atoms with Gasteiger partial charge in [-0.05, 0) is 24.3 Å². The third-order valence-electron chi connectivity index (χ3n) is 2.60. The number of halogens is 3. The second kappa shape index (κ2) is 6.77. The third-order valence-corrected chi connectivity index (χ3v) is 3.51. The van der Waals surface area contributed by atoms with Crippen molar-refractivity contribution < 1.29 is 27.8 Å². The van der Waals surface area contributed by atoms with E-state index in [1.807, 2.05) is 0 Å². The van der Waals surface area contributed by atoms with E-state index >= 15 is 0 Å². The van der Waals surface area contributed by atoms with Gasteiger partial charge in [0.05, 0.1) is 12.2 Å². The van der Waals surface area contributed by atoms with Crippen molar-refractivity contribution in [1.29, 1.82) is 0 Å². The van der Waals surface area contributed by atoms with Gasteiger partial charge in [0.2, 0.25) is 5.16 Å². The maximum atomic E-state index is 12.5. The second-order valence-electron chi connectivity index (χ2n) is 4.20. The number of nitrogens with two attached hydrogens (primary N) is 1. The van der Waals surface area contributed by atoms with E-state index in [0.29, 0.717) is 10.4 Å². The van der Waals surface area contributed by atoms with Crippen LogP contribution in [0.3, 0.4) is 0 Å². The first-order chi connectivity index (χ1) is 10.8. The van der Waals surface area contributed by atoms with Gasteiger partial charge in [0.25, 0.3) is 5.82 Å². The molecule has 124 valence electrons. The van der Waals surface area contributed by atoms with Gasteiger partial charge in [0.1, 0.15) is 5.75 Å². The average Bonchev–Trinajstić information content (AvgIpc) is 2.85. The molecule has 1 aromatic heterocycles. The van der Waals surface area contributed by atoms with Crippen molar-refractivity contribution in [3.05, 3.63) is 35.7 Å². The fraction of sp³-hybridized carbons (Fsp3) is 0.250. The van der Waals surface area contributed by atoms with Gasteiger partial charge in [-0.15, -0.1) is 10.2 Å². The lowest BCUT2D eigenvalue weighted by atomic mass is 10.2. The summed E-state index contributed by atoms with van der Waals surface area (Å²) in [7, 11) is 0. The molecule has 0 bridgehead atoms. The lowest BCUT2D eigenvalue weighted by Crippen LogP contribution is -2.21. The zero-order valence-corrected chi connectivity index (χ0v) is 12.3. The Hall–Kier alpha value is -2.43. The predicted molar refractivity (Wildman–Crippen MR) is 74.8 cm³/mol. The highest BCUT2D eigenvalue weighted by molar-refractivity contribution is 7.99. The molecule has 1 aromatic carbocycles. The number of carbonyl (C=O) groups is 1. The summed E-state index contributed by atoms with van der Waals surface area (Å²) in [6.07, 6.45) is -4.66. The molecule has 0 saturated carbocycles. The van der Waals surface area contributed by atoms with E-state index in [2.05, 4.69) is 10.2 Å². The van der Waals surface area contributed by atoms with Crippen molar-refractivity contribution in [2.75, 3.05) is 18.2 Å². The van der Waals surface area contributed by atoms with Crippen molar-refractivity contribution in [2.45, 2.75) is 11.3 Å². The lowest BCUT2D eigenvalue weighted by Gasteiger charge is -2.07. The zero-order valence-electron chi connectivity index (χ0n) is 11.4. The summed E-state index contributed by atoms with van der Waals surface area (Å²) in [6, 6.07) is 5.75. The molecule has 3 N–H and O–H groups in total. The topological polar surface area (TPSA) is 103 Å². The maximum Gasteiger partial charge on any atom is 0.453 e. The third kappa shape index (κ3) is 4.28. The Morgan fingerprint density at radius 2 is 1.96 bits per heavy atom. The number of rotatable bonds is 6. The summed E-state index contributed by atoms with van der Waals surface area (Å²) in [5.74, 6) is 3.69. The number of carboxylic acid groups (broad SMARTS) is 1. The summed E-state index contributed by atoms with van der Waals surface area (Å²) >= 11 is 0.957. The van der Waals surface area contributed by atoms with E-state index in [-0.39, 0.29) is 23.1 Å². The molecule has 0 unspecified atom stereocenters. The number of benzene rings is 1. The van der Waals surface area contributed by atoms with Crippen LogP contribution in [0, 0.1) is 0 Å². The number of hydrogen-bond donors (Lipinski definition) is 2. The Bertz CT molecular complexity index is 688. The van der Waals surface area contributed by atoms with Gasteiger partial charge in [0, 0.05) is 5.75 Å². The van der Waals surface area contributed by atoms with Crippen LogP contribution in [0.2, 0.25) is 0 Å². The number of alkyl halides is 3.